The lowest BCUT2D eigenvalue weighted by atomic mass is 10.1. The number of aromatic nitrogens is 2. The third-order valence-corrected chi connectivity index (χ3v) is 2.22. The molecule has 2 N–H and O–H groups in total. The molecule has 0 aliphatic heterocycles. The van der Waals surface area contributed by atoms with E-state index in [2.05, 4.69) is 18.0 Å². The fourth-order valence-electron chi connectivity index (χ4n) is 1.59. The summed E-state index contributed by atoms with van der Waals surface area (Å²) in [6.07, 6.45) is 3.79. The van der Waals surface area contributed by atoms with Crippen molar-refractivity contribution in [3.05, 3.63) is 35.9 Å². The Morgan fingerprint density at radius 1 is 1.54 bits per heavy atom. The maximum absolute atomic E-state index is 5.82. The number of imidazole rings is 1. The molecule has 2 heterocycles. The highest BCUT2D eigenvalue weighted by atomic mass is 15.0. The summed E-state index contributed by atoms with van der Waals surface area (Å²) in [5, 5.41) is 0. The van der Waals surface area contributed by atoms with Crippen molar-refractivity contribution >= 4 is 5.52 Å². The van der Waals surface area contributed by atoms with Crippen LogP contribution in [0.2, 0.25) is 0 Å². The molecule has 0 aliphatic carbocycles. The Morgan fingerprint density at radius 2 is 2.31 bits per heavy atom. The van der Waals surface area contributed by atoms with Gasteiger partial charge in [-0.1, -0.05) is 6.07 Å². The number of rotatable bonds is 1. The summed E-state index contributed by atoms with van der Waals surface area (Å²) in [7, 11) is 0. The van der Waals surface area contributed by atoms with Crippen LogP contribution < -0.4 is 5.73 Å². The Balaban J connectivity index is 2.79. The van der Waals surface area contributed by atoms with E-state index in [0.717, 1.165) is 11.2 Å². The van der Waals surface area contributed by atoms with Crippen molar-refractivity contribution in [1.29, 1.82) is 0 Å². The molecule has 0 saturated carbocycles. The number of hydrogen-bond acceptors (Lipinski definition) is 2. The van der Waals surface area contributed by atoms with Crippen LogP contribution in [0.1, 0.15) is 24.2 Å². The van der Waals surface area contributed by atoms with E-state index in [1.54, 1.807) is 6.33 Å². The Morgan fingerprint density at radius 3 is 3.00 bits per heavy atom. The van der Waals surface area contributed by atoms with Gasteiger partial charge >= 0.3 is 0 Å². The highest BCUT2D eigenvalue weighted by Gasteiger charge is 2.09. The number of fused-ring (bicyclic) bond motifs is 1. The SMILES string of the molecule is Cc1cccn2cnc(C(C)N)c12. The predicted octanol–water partition coefficient (Wildman–Crippen LogP) is 1.66. The van der Waals surface area contributed by atoms with Gasteiger partial charge in [0.15, 0.2) is 0 Å². The third kappa shape index (κ3) is 1.21. The van der Waals surface area contributed by atoms with Crippen LogP contribution in [0.3, 0.4) is 0 Å². The smallest absolute Gasteiger partial charge is 0.0996 e. The van der Waals surface area contributed by atoms with Crippen LogP contribution in [-0.2, 0) is 0 Å². The third-order valence-electron chi connectivity index (χ3n) is 2.22. The molecule has 0 bridgehead atoms. The molecule has 2 rings (SSSR count). The Bertz CT molecular complexity index is 429. The van der Waals surface area contributed by atoms with Crippen molar-refractivity contribution in [2.24, 2.45) is 5.73 Å². The second kappa shape index (κ2) is 2.85. The van der Waals surface area contributed by atoms with E-state index >= 15 is 0 Å². The summed E-state index contributed by atoms with van der Waals surface area (Å²) in [5.74, 6) is 0. The van der Waals surface area contributed by atoms with E-state index in [4.69, 9.17) is 5.73 Å². The molecule has 68 valence electrons. The maximum Gasteiger partial charge on any atom is 0.0996 e. The quantitative estimate of drug-likeness (QED) is 0.716. The average Bonchev–Trinajstić information content (AvgIpc) is 2.49. The normalized spacial score (nSPS) is 13.5. The first-order valence-electron chi connectivity index (χ1n) is 4.38. The van der Waals surface area contributed by atoms with E-state index in [1.807, 2.05) is 23.6 Å². The van der Waals surface area contributed by atoms with E-state index in [0.29, 0.717) is 0 Å². The number of pyridine rings is 1. The van der Waals surface area contributed by atoms with E-state index in [1.165, 1.54) is 5.56 Å². The largest absolute Gasteiger partial charge is 0.323 e. The molecule has 1 unspecified atom stereocenters. The van der Waals surface area contributed by atoms with Crippen LogP contribution in [0.15, 0.2) is 24.7 Å². The zero-order valence-corrected chi connectivity index (χ0v) is 7.86. The van der Waals surface area contributed by atoms with Crippen LogP contribution in [0, 0.1) is 6.92 Å². The minimum absolute atomic E-state index is 0.00824. The summed E-state index contributed by atoms with van der Waals surface area (Å²) >= 11 is 0. The van der Waals surface area contributed by atoms with Crippen LogP contribution in [0.5, 0.6) is 0 Å². The summed E-state index contributed by atoms with van der Waals surface area (Å²) < 4.78 is 2.01. The molecular weight excluding hydrogens is 162 g/mol. The topological polar surface area (TPSA) is 43.3 Å². The van der Waals surface area contributed by atoms with Crippen molar-refractivity contribution in [2.45, 2.75) is 19.9 Å². The van der Waals surface area contributed by atoms with Gasteiger partial charge in [0, 0.05) is 12.2 Å². The van der Waals surface area contributed by atoms with Gasteiger partial charge in [-0.3, -0.25) is 0 Å². The lowest BCUT2D eigenvalue weighted by molar-refractivity contribution is 0.796. The van der Waals surface area contributed by atoms with Crippen molar-refractivity contribution < 1.29 is 0 Å². The van der Waals surface area contributed by atoms with Crippen molar-refractivity contribution in [2.75, 3.05) is 0 Å². The molecule has 0 spiro atoms. The fraction of sp³-hybridized carbons (Fsp3) is 0.300. The molecule has 0 amide bonds. The zero-order chi connectivity index (χ0) is 9.42. The van der Waals surface area contributed by atoms with Gasteiger partial charge in [0.05, 0.1) is 17.5 Å². The first-order chi connectivity index (χ1) is 6.20. The lowest BCUT2D eigenvalue weighted by Crippen LogP contribution is -2.06. The average molecular weight is 175 g/mol. The van der Waals surface area contributed by atoms with Gasteiger partial charge in [-0.05, 0) is 25.5 Å². The van der Waals surface area contributed by atoms with Gasteiger partial charge in [0.2, 0.25) is 0 Å². The molecule has 0 fully saturated rings. The molecule has 3 heteroatoms. The van der Waals surface area contributed by atoms with Gasteiger partial charge < -0.3 is 10.1 Å². The number of nitrogens with zero attached hydrogens (tertiary/aromatic N) is 2. The zero-order valence-electron chi connectivity index (χ0n) is 7.86. The fourth-order valence-corrected chi connectivity index (χ4v) is 1.59. The Labute approximate surface area is 77.2 Å². The molecule has 0 aliphatic rings. The second-order valence-corrected chi connectivity index (χ2v) is 3.37. The Hall–Kier alpha value is -1.35. The molecular formula is C10H13N3. The minimum Gasteiger partial charge on any atom is -0.323 e. The molecule has 3 nitrogen and oxygen atoms in total. The molecule has 2 aromatic rings. The summed E-state index contributed by atoms with van der Waals surface area (Å²) in [6.45, 7) is 4.03. The van der Waals surface area contributed by atoms with E-state index in [-0.39, 0.29) is 6.04 Å². The standard InChI is InChI=1S/C10H13N3/c1-7-4-3-5-13-6-12-9(8(2)11)10(7)13/h3-6,8H,11H2,1-2H3. The highest BCUT2D eigenvalue weighted by molar-refractivity contribution is 5.59. The maximum atomic E-state index is 5.82. The first kappa shape index (κ1) is 8.26. The minimum atomic E-state index is -0.00824. The van der Waals surface area contributed by atoms with Crippen molar-refractivity contribution in [3.63, 3.8) is 0 Å². The lowest BCUT2D eigenvalue weighted by Gasteiger charge is -2.04. The van der Waals surface area contributed by atoms with Gasteiger partial charge in [0.25, 0.3) is 0 Å². The van der Waals surface area contributed by atoms with Crippen LogP contribution in [0.25, 0.3) is 5.52 Å². The summed E-state index contributed by atoms with van der Waals surface area (Å²) in [5.41, 5.74) is 9.14. The van der Waals surface area contributed by atoms with Crippen LogP contribution in [0.4, 0.5) is 0 Å². The molecule has 0 radical (unpaired) electrons. The number of hydrogen-bond donors (Lipinski definition) is 1. The first-order valence-corrected chi connectivity index (χ1v) is 4.38. The van der Waals surface area contributed by atoms with Gasteiger partial charge in [-0.15, -0.1) is 0 Å². The molecule has 1 atom stereocenters. The summed E-state index contributed by atoms with van der Waals surface area (Å²) in [6, 6.07) is 4.07. The molecule has 2 aromatic heterocycles. The van der Waals surface area contributed by atoms with Crippen molar-refractivity contribution in [3.8, 4) is 0 Å². The van der Waals surface area contributed by atoms with Gasteiger partial charge in [-0.25, -0.2) is 4.98 Å². The van der Waals surface area contributed by atoms with Crippen molar-refractivity contribution in [1.82, 2.24) is 9.38 Å². The van der Waals surface area contributed by atoms with E-state index in [9.17, 15) is 0 Å². The molecule has 13 heavy (non-hydrogen) atoms. The van der Waals surface area contributed by atoms with Crippen LogP contribution in [-0.4, -0.2) is 9.38 Å². The van der Waals surface area contributed by atoms with Gasteiger partial charge in [0.1, 0.15) is 0 Å². The number of nitrogens with two attached hydrogens (primary N) is 1. The van der Waals surface area contributed by atoms with Gasteiger partial charge in [-0.2, -0.15) is 0 Å². The Kier molecular flexibility index (Phi) is 1.81. The van der Waals surface area contributed by atoms with E-state index < -0.39 is 0 Å². The van der Waals surface area contributed by atoms with Crippen LogP contribution >= 0.6 is 0 Å². The second-order valence-electron chi connectivity index (χ2n) is 3.37. The molecule has 0 aromatic carbocycles. The number of aryl methyl sites for hydroxylation is 1. The highest BCUT2D eigenvalue weighted by Crippen LogP contribution is 2.18. The predicted molar refractivity (Wildman–Crippen MR) is 52.5 cm³/mol. The monoisotopic (exact) mass is 175 g/mol. The molecule has 0 saturated heterocycles. The summed E-state index contributed by atoms with van der Waals surface area (Å²) in [4.78, 5) is 4.29.